The first kappa shape index (κ1) is 16.0. The second-order valence-corrected chi connectivity index (χ2v) is 5.13. The summed E-state index contributed by atoms with van der Waals surface area (Å²) in [5, 5.41) is 21.9. The lowest BCUT2D eigenvalue weighted by Crippen LogP contribution is -2.16. The van der Waals surface area contributed by atoms with E-state index in [0.717, 1.165) is 11.8 Å². The van der Waals surface area contributed by atoms with Crippen molar-refractivity contribution in [2.75, 3.05) is 16.8 Å². The smallest absolute Gasteiger partial charge is 0.313 e. The zero-order chi connectivity index (χ0) is 15.3. The molecule has 0 aliphatic carbocycles. The molecule has 0 aromatic heterocycles. The van der Waals surface area contributed by atoms with Gasteiger partial charge in [0.25, 0.3) is 5.69 Å². The lowest BCUT2D eigenvalue weighted by molar-refractivity contribution is -0.385. The Morgan fingerprint density at radius 1 is 1.30 bits per heavy atom. The fraction of sp³-hybridized carbons (Fsp3) is 0.333. The van der Waals surface area contributed by atoms with E-state index in [1.54, 1.807) is 13.8 Å². The molecule has 1 rings (SSSR count). The van der Waals surface area contributed by atoms with Crippen LogP contribution in [-0.4, -0.2) is 33.4 Å². The van der Waals surface area contributed by atoms with Gasteiger partial charge in [0.2, 0.25) is 5.91 Å². The predicted molar refractivity (Wildman–Crippen MR) is 76.2 cm³/mol. The first-order valence-electron chi connectivity index (χ1n) is 5.66. The van der Waals surface area contributed by atoms with Crippen LogP contribution in [0.25, 0.3) is 0 Å². The normalized spacial score (nSPS) is 10.1. The van der Waals surface area contributed by atoms with E-state index in [1.165, 1.54) is 12.1 Å². The van der Waals surface area contributed by atoms with Crippen molar-refractivity contribution < 1.29 is 19.6 Å². The van der Waals surface area contributed by atoms with Gasteiger partial charge in [-0.05, 0) is 25.5 Å². The largest absolute Gasteiger partial charge is 0.481 e. The highest BCUT2D eigenvalue weighted by molar-refractivity contribution is 8.00. The van der Waals surface area contributed by atoms with E-state index >= 15 is 0 Å². The van der Waals surface area contributed by atoms with Crippen LogP contribution < -0.4 is 5.32 Å². The van der Waals surface area contributed by atoms with Crippen LogP contribution in [0.15, 0.2) is 12.1 Å². The van der Waals surface area contributed by atoms with Gasteiger partial charge in [0.05, 0.1) is 16.4 Å². The van der Waals surface area contributed by atoms with E-state index in [9.17, 15) is 19.7 Å². The number of anilines is 1. The average Bonchev–Trinajstić information content (AvgIpc) is 2.32. The van der Waals surface area contributed by atoms with Gasteiger partial charge in [-0.25, -0.2) is 0 Å². The summed E-state index contributed by atoms with van der Waals surface area (Å²) in [6.07, 6.45) is 0. The number of nitrogens with one attached hydrogen (secondary N) is 1. The highest BCUT2D eigenvalue weighted by atomic mass is 32.2. The minimum atomic E-state index is -0.981. The topological polar surface area (TPSA) is 110 Å². The van der Waals surface area contributed by atoms with Gasteiger partial charge in [-0.2, -0.15) is 0 Å². The molecule has 1 aromatic carbocycles. The quantitative estimate of drug-likeness (QED) is 0.613. The van der Waals surface area contributed by atoms with Crippen LogP contribution >= 0.6 is 11.8 Å². The molecule has 1 amide bonds. The highest BCUT2D eigenvalue weighted by Crippen LogP contribution is 2.26. The van der Waals surface area contributed by atoms with Crippen LogP contribution in [0.5, 0.6) is 0 Å². The SMILES string of the molecule is Cc1cc([N+](=O)[O-])c(C)cc1NC(=O)CSCC(=O)O. The maximum atomic E-state index is 11.6. The third-order valence-electron chi connectivity index (χ3n) is 2.47. The summed E-state index contributed by atoms with van der Waals surface area (Å²) in [6, 6.07) is 2.93. The molecule has 0 atom stereocenters. The number of hydrogen-bond acceptors (Lipinski definition) is 5. The van der Waals surface area contributed by atoms with Gasteiger partial charge in [0.15, 0.2) is 0 Å². The van der Waals surface area contributed by atoms with Gasteiger partial charge in [-0.1, -0.05) is 0 Å². The number of thioether (sulfide) groups is 1. The number of aliphatic carboxylic acids is 1. The molecule has 0 aliphatic rings. The number of carbonyl (C=O) groups excluding carboxylic acids is 1. The molecule has 0 saturated carbocycles. The van der Waals surface area contributed by atoms with Crippen molar-refractivity contribution in [3.8, 4) is 0 Å². The second kappa shape index (κ2) is 6.90. The number of benzene rings is 1. The zero-order valence-electron chi connectivity index (χ0n) is 11.0. The number of nitro groups is 1. The monoisotopic (exact) mass is 298 g/mol. The van der Waals surface area contributed by atoms with E-state index < -0.39 is 10.9 Å². The Morgan fingerprint density at radius 2 is 1.95 bits per heavy atom. The van der Waals surface area contributed by atoms with Crippen molar-refractivity contribution in [1.29, 1.82) is 0 Å². The summed E-state index contributed by atoms with van der Waals surface area (Å²) in [5.74, 6) is -1.45. The number of carboxylic acids is 1. The van der Waals surface area contributed by atoms with Gasteiger partial charge in [-0.3, -0.25) is 19.7 Å². The van der Waals surface area contributed by atoms with Crippen molar-refractivity contribution in [1.82, 2.24) is 0 Å². The summed E-state index contributed by atoms with van der Waals surface area (Å²) in [4.78, 5) is 32.2. The van der Waals surface area contributed by atoms with Crippen molar-refractivity contribution in [3.63, 3.8) is 0 Å². The van der Waals surface area contributed by atoms with Crippen molar-refractivity contribution in [2.45, 2.75) is 13.8 Å². The minimum Gasteiger partial charge on any atom is -0.481 e. The second-order valence-electron chi connectivity index (χ2n) is 4.15. The highest BCUT2D eigenvalue weighted by Gasteiger charge is 2.14. The maximum absolute atomic E-state index is 11.6. The number of nitrogens with zero attached hydrogens (tertiary/aromatic N) is 1. The summed E-state index contributed by atoms with van der Waals surface area (Å²) in [6.45, 7) is 3.25. The van der Waals surface area contributed by atoms with Crippen molar-refractivity contribution in [3.05, 3.63) is 33.4 Å². The molecule has 0 bridgehead atoms. The van der Waals surface area contributed by atoms with Gasteiger partial charge >= 0.3 is 5.97 Å². The molecule has 0 aliphatic heterocycles. The van der Waals surface area contributed by atoms with Gasteiger partial charge in [0.1, 0.15) is 0 Å². The summed E-state index contributed by atoms with van der Waals surface area (Å²) in [7, 11) is 0. The molecule has 108 valence electrons. The van der Waals surface area contributed by atoms with Gasteiger partial charge in [-0.15, -0.1) is 11.8 Å². The summed E-state index contributed by atoms with van der Waals surface area (Å²) in [5.41, 5.74) is 1.53. The van der Waals surface area contributed by atoms with Crippen LogP contribution in [0, 0.1) is 24.0 Å². The molecule has 0 spiro atoms. The molecule has 20 heavy (non-hydrogen) atoms. The third kappa shape index (κ3) is 4.54. The van der Waals surface area contributed by atoms with Crippen molar-refractivity contribution >= 4 is 35.0 Å². The molecular formula is C12H14N2O5S. The number of amides is 1. The molecule has 8 heteroatoms. The molecule has 0 radical (unpaired) electrons. The van der Waals surface area contributed by atoms with E-state index in [2.05, 4.69) is 5.32 Å². The van der Waals surface area contributed by atoms with Crippen LogP contribution in [0.2, 0.25) is 0 Å². The van der Waals surface area contributed by atoms with Crippen LogP contribution in [0.1, 0.15) is 11.1 Å². The molecular weight excluding hydrogens is 284 g/mol. The van der Waals surface area contributed by atoms with Gasteiger partial charge in [0, 0.05) is 17.3 Å². The maximum Gasteiger partial charge on any atom is 0.313 e. The van der Waals surface area contributed by atoms with Crippen LogP contribution in [0.3, 0.4) is 0 Å². The van der Waals surface area contributed by atoms with E-state index in [4.69, 9.17) is 5.11 Å². The number of rotatable bonds is 6. The Morgan fingerprint density at radius 3 is 2.50 bits per heavy atom. The molecule has 0 heterocycles. The molecule has 1 aromatic rings. The number of nitro benzene ring substituents is 1. The predicted octanol–water partition coefficient (Wildman–Crippen LogP) is 1.97. The van der Waals surface area contributed by atoms with E-state index in [0.29, 0.717) is 16.8 Å². The van der Waals surface area contributed by atoms with Crippen LogP contribution in [-0.2, 0) is 9.59 Å². The molecule has 0 saturated heterocycles. The number of carbonyl (C=O) groups is 2. The fourth-order valence-electron chi connectivity index (χ4n) is 1.55. The Labute approximate surface area is 119 Å². The average molecular weight is 298 g/mol. The number of hydrogen-bond donors (Lipinski definition) is 2. The Hall–Kier alpha value is -2.09. The lowest BCUT2D eigenvalue weighted by atomic mass is 10.1. The molecule has 2 N–H and O–H groups in total. The number of aryl methyl sites for hydroxylation is 2. The Kier molecular flexibility index (Phi) is 5.51. The van der Waals surface area contributed by atoms with E-state index in [-0.39, 0.29) is 23.1 Å². The molecule has 7 nitrogen and oxygen atoms in total. The Bertz CT molecular complexity index is 559. The molecule has 0 unspecified atom stereocenters. The van der Waals surface area contributed by atoms with Gasteiger partial charge < -0.3 is 10.4 Å². The van der Waals surface area contributed by atoms with E-state index in [1.807, 2.05) is 0 Å². The summed E-state index contributed by atoms with van der Waals surface area (Å²) >= 11 is 0.987. The standard InChI is InChI=1S/C12H14N2O5S/c1-7-4-10(14(18)19)8(2)3-9(7)13-11(15)5-20-6-12(16)17/h3-4H,5-6H2,1-2H3,(H,13,15)(H,16,17). The van der Waals surface area contributed by atoms with Crippen LogP contribution in [0.4, 0.5) is 11.4 Å². The first-order chi connectivity index (χ1) is 9.31. The minimum absolute atomic E-state index is 0.000696. The number of carboxylic acid groups (broad SMARTS) is 1. The first-order valence-corrected chi connectivity index (χ1v) is 6.81. The summed E-state index contributed by atoms with van der Waals surface area (Å²) < 4.78 is 0. The zero-order valence-corrected chi connectivity index (χ0v) is 11.8. The Balaban J connectivity index is 2.73. The lowest BCUT2D eigenvalue weighted by Gasteiger charge is -2.09. The third-order valence-corrected chi connectivity index (χ3v) is 3.39. The van der Waals surface area contributed by atoms with Crippen molar-refractivity contribution in [2.24, 2.45) is 0 Å². The molecule has 0 fully saturated rings. The fourth-order valence-corrected chi connectivity index (χ4v) is 2.08.